The zero-order chi connectivity index (χ0) is 14.8. The van der Waals surface area contributed by atoms with E-state index in [2.05, 4.69) is 6.92 Å². The molecule has 0 heterocycles. The van der Waals surface area contributed by atoms with Crippen molar-refractivity contribution in [3.63, 3.8) is 0 Å². The van der Waals surface area contributed by atoms with Crippen molar-refractivity contribution in [2.24, 2.45) is 11.7 Å². The van der Waals surface area contributed by atoms with Crippen LogP contribution in [0.2, 0.25) is 0 Å². The van der Waals surface area contributed by atoms with E-state index in [0.717, 1.165) is 25.7 Å². The Balaban J connectivity index is 2.19. The number of hydrogen-bond donors (Lipinski definition) is 1. The number of benzene rings is 1. The van der Waals surface area contributed by atoms with Crippen LogP contribution < -0.4 is 5.73 Å². The average Bonchev–Trinajstić information content (AvgIpc) is 2.42. The van der Waals surface area contributed by atoms with Crippen molar-refractivity contribution in [2.45, 2.75) is 50.7 Å². The monoisotopic (exact) mass is 283 g/mol. The standard InChI is InChI=1S/C16H23F2NO/c1-11-5-4-8-16(10-11,20-2)15(19)9-12-13(17)6-3-7-14(12)18/h3,6-7,11,15H,4-5,8-10,19H2,1-2H3. The van der Waals surface area contributed by atoms with Crippen molar-refractivity contribution in [1.82, 2.24) is 0 Å². The SMILES string of the molecule is COC1(C(N)Cc2c(F)cccc2F)CCCC(C)C1. The van der Waals surface area contributed by atoms with Gasteiger partial charge in [-0.25, -0.2) is 8.78 Å². The number of hydrogen-bond acceptors (Lipinski definition) is 2. The molecule has 112 valence electrons. The fraction of sp³-hybridized carbons (Fsp3) is 0.625. The summed E-state index contributed by atoms with van der Waals surface area (Å²) in [5, 5.41) is 0. The molecule has 1 aliphatic carbocycles. The molecule has 2 nitrogen and oxygen atoms in total. The van der Waals surface area contributed by atoms with Crippen LogP contribution in [0.4, 0.5) is 8.78 Å². The zero-order valence-corrected chi connectivity index (χ0v) is 12.2. The Morgan fingerprint density at radius 1 is 1.40 bits per heavy atom. The number of halogens is 2. The third-order valence-corrected chi connectivity index (χ3v) is 4.56. The maximum Gasteiger partial charge on any atom is 0.129 e. The van der Waals surface area contributed by atoms with Gasteiger partial charge >= 0.3 is 0 Å². The van der Waals surface area contributed by atoms with Crippen molar-refractivity contribution in [2.75, 3.05) is 7.11 Å². The van der Waals surface area contributed by atoms with Gasteiger partial charge in [0.05, 0.1) is 5.60 Å². The predicted molar refractivity (Wildman–Crippen MR) is 75.4 cm³/mol. The topological polar surface area (TPSA) is 35.2 Å². The van der Waals surface area contributed by atoms with Gasteiger partial charge < -0.3 is 10.5 Å². The molecule has 0 aromatic heterocycles. The number of rotatable bonds is 4. The van der Waals surface area contributed by atoms with Crippen LogP contribution in [0.5, 0.6) is 0 Å². The molecule has 1 saturated carbocycles. The van der Waals surface area contributed by atoms with Gasteiger partial charge in [-0.15, -0.1) is 0 Å². The lowest BCUT2D eigenvalue weighted by Gasteiger charge is -2.43. The molecule has 2 N–H and O–H groups in total. The average molecular weight is 283 g/mol. The van der Waals surface area contributed by atoms with E-state index in [4.69, 9.17) is 10.5 Å². The molecular weight excluding hydrogens is 260 g/mol. The fourth-order valence-electron chi connectivity index (χ4n) is 3.35. The Morgan fingerprint density at radius 3 is 2.60 bits per heavy atom. The van der Waals surface area contributed by atoms with Gasteiger partial charge in [-0.05, 0) is 37.3 Å². The molecule has 1 aliphatic rings. The lowest BCUT2D eigenvalue weighted by molar-refractivity contribution is -0.0707. The highest BCUT2D eigenvalue weighted by Gasteiger charge is 2.40. The first-order valence-corrected chi connectivity index (χ1v) is 7.22. The maximum atomic E-state index is 13.7. The van der Waals surface area contributed by atoms with Crippen LogP contribution in [0, 0.1) is 17.6 Å². The van der Waals surface area contributed by atoms with Crippen LogP contribution in [-0.4, -0.2) is 18.8 Å². The number of methoxy groups -OCH3 is 1. The van der Waals surface area contributed by atoms with Gasteiger partial charge in [-0.2, -0.15) is 0 Å². The Kier molecular flexibility index (Phi) is 4.76. The molecule has 1 fully saturated rings. The van der Waals surface area contributed by atoms with E-state index in [0.29, 0.717) is 5.92 Å². The van der Waals surface area contributed by atoms with Crippen LogP contribution >= 0.6 is 0 Å². The molecule has 0 spiro atoms. The molecule has 0 bridgehead atoms. The quantitative estimate of drug-likeness (QED) is 0.919. The van der Waals surface area contributed by atoms with E-state index < -0.39 is 23.3 Å². The van der Waals surface area contributed by atoms with Gasteiger partial charge in [0.1, 0.15) is 11.6 Å². The summed E-state index contributed by atoms with van der Waals surface area (Å²) in [6.07, 6.45) is 4.07. The summed E-state index contributed by atoms with van der Waals surface area (Å²) in [5.74, 6) is -0.536. The molecule has 1 aromatic carbocycles. The molecule has 3 atom stereocenters. The van der Waals surface area contributed by atoms with Crippen molar-refractivity contribution < 1.29 is 13.5 Å². The maximum absolute atomic E-state index is 13.7. The Bertz CT molecular complexity index is 446. The fourth-order valence-corrected chi connectivity index (χ4v) is 3.35. The molecule has 4 heteroatoms. The summed E-state index contributed by atoms with van der Waals surface area (Å²) in [7, 11) is 1.65. The molecule has 2 rings (SSSR count). The van der Waals surface area contributed by atoms with Gasteiger partial charge in [0.15, 0.2) is 0 Å². The Morgan fingerprint density at radius 2 is 2.05 bits per heavy atom. The molecule has 20 heavy (non-hydrogen) atoms. The molecule has 0 saturated heterocycles. The van der Waals surface area contributed by atoms with Crippen LogP contribution in [0.25, 0.3) is 0 Å². The number of ether oxygens (including phenoxy) is 1. The molecule has 1 aromatic rings. The van der Waals surface area contributed by atoms with Crippen molar-refractivity contribution >= 4 is 0 Å². The highest BCUT2D eigenvalue weighted by atomic mass is 19.1. The molecular formula is C16H23F2NO. The van der Waals surface area contributed by atoms with Crippen LogP contribution in [0.15, 0.2) is 18.2 Å². The zero-order valence-electron chi connectivity index (χ0n) is 12.2. The van der Waals surface area contributed by atoms with Gasteiger partial charge in [-0.3, -0.25) is 0 Å². The molecule has 0 radical (unpaired) electrons. The smallest absolute Gasteiger partial charge is 0.129 e. The summed E-state index contributed by atoms with van der Waals surface area (Å²) in [6.45, 7) is 2.17. The summed E-state index contributed by atoms with van der Waals surface area (Å²) in [6, 6.07) is 3.51. The van der Waals surface area contributed by atoms with E-state index in [-0.39, 0.29) is 12.0 Å². The minimum atomic E-state index is -0.532. The second-order valence-electron chi connectivity index (χ2n) is 5.98. The van der Waals surface area contributed by atoms with E-state index in [1.165, 1.54) is 18.2 Å². The largest absolute Gasteiger partial charge is 0.377 e. The lowest BCUT2D eigenvalue weighted by atomic mass is 9.73. The second kappa shape index (κ2) is 6.19. The van der Waals surface area contributed by atoms with Gasteiger partial charge in [0.25, 0.3) is 0 Å². The Hall–Kier alpha value is -1.00. The molecule has 0 aliphatic heterocycles. The van der Waals surface area contributed by atoms with Crippen molar-refractivity contribution in [1.29, 1.82) is 0 Å². The van der Waals surface area contributed by atoms with Crippen LogP contribution in [0.1, 0.15) is 38.2 Å². The lowest BCUT2D eigenvalue weighted by Crippen LogP contribution is -2.53. The molecule has 3 unspecified atom stereocenters. The van der Waals surface area contributed by atoms with Crippen molar-refractivity contribution in [3.8, 4) is 0 Å². The predicted octanol–water partition coefficient (Wildman–Crippen LogP) is 3.43. The minimum Gasteiger partial charge on any atom is -0.377 e. The summed E-state index contributed by atoms with van der Waals surface area (Å²) >= 11 is 0. The van der Waals surface area contributed by atoms with Gasteiger partial charge in [-0.1, -0.05) is 25.8 Å². The minimum absolute atomic E-state index is 0.0645. The first-order valence-electron chi connectivity index (χ1n) is 7.22. The van der Waals surface area contributed by atoms with Crippen LogP contribution in [-0.2, 0) is 11.2 Å². The highest BCUT2D eigenvalue weighted by molar-refractivity contribution is 5.21. The summed E-state index contributed by atoms with van der Waals surface area (Å²) in [5.41, 5.74) is 5.87. The highest BCUT2D eigenvalue weighted by Crippen LogP contribution is 2.37. The van der Waals surface area contributed by atoms with Gasteiger partial charge in [0, 0.05) is 18.7 Å². The van der Waals surface area contributed by atoms with Crippen molar-refractivity contribution in [3.05, 3.63) is 35.4 Å². The second-order valence-corrected chi connectivity index (χ2v) is 5.98. The van der Waals surface area contributed by atoms with E-state index in [1.54, 1.807) is 7.11 Å². The number of nitrogens with two attached hydrogens (primary N) is 1. The van der Waals surface area contributed by atoms with E-state index in [1.807, 2.05) is 0 Å². The normalized spacial score (nSPS) is 28.4. The Labute approximate surface area is 119 Å². The third kappa shape index (κ3) is 3.01. The summed E-state index contributed by atoms with van der Waals surface area (Å²) < 4.78 is 33.2. The third-order valence-electron chi connectivity index (χ3n) is 4.56. The first kappa shape index (κ1) is 15.4. The first-order chi connectivity index (χ1) is 9.48. The summed E-state index contributed by atoms with van der Waals surface area (Å²) in [4.78, 5) is 0. The van der Waals surface area contributed by atoms with E-state index in [9.17, 15) is 8.78 Å². The van der Waals surface area contributed by atoms with Gasteiger partial charge in [0.2, 0.25) is 0 Å². The van der Waals surface area contributed by atoms with E-state index >= 15 is 0 Å². The molecule has 0 amide bonds. The van der Waals surface area contributed by atoms with Crippen LogP contribution in [0.3, 0.4) is 0 Å².